The molecule has 0 spiro atoms. The van der Waals surface area contributed by atoms with E-state index in [0.717, 1.165) is 6.20 Å². The van der Waals surface area contributed by atoms with E-state index in [2.05, 4.69) is 27.1 Å². The van der Waals surface area contributed by atoms with Gasteiger partial charge in [0.2, 0.25) is 11.5 Å². The minimum absolute atomic E-state index is 0.106. The summed E-state index contributed by atoms with van der Waals surface area (Å²) in [4.78, 5) is 31.9. The largest absolute Gasteiger partial charge is 0.412 e. The summed E-state index contributed by atoms with van der Waals surface area (Å²) in [6.45, 7) is 0.328. The molecule has 31 heavy (non-hydrogen) atoms. The molecule has 2 atom stereocenters. The average molecular weight is 433 g/mol. The van der Waals surface area contributed by atoms with Crippen LogP contribution in [0.4, 0.5) is 19.1 Å². The third kappa shape index (κ3) is 4.92. The lowest BCUT2D eigenvalue weighted by atomic mass is 10.0. The Balaban J connectivity index is 1.91. The summed E-state index contributed by atoms with van der Waals surface area (Å²) in [6.07, 6.45) is -3.52. The van der Waals surface area contributed by atoms with Crippen LogP contribution >= 0.6 is 0 Å². The molecule has 162 valence electrons. The summed E-state index contributed by atoms with van der Waals surface area (Å²) in [7, 11) is 1.53. The van der Waals surface area contributed by atoms with Crippen molar-refractivity contribution in [3.63, 3.8) is 0 Å². The van der Waals surface area contributed by atoms with Crippen LogP contribution in [0.15, 0.2) is 36.5 Å². The normalized spacial score (nSPS) is 19.5. The molecule has 1 aromatic carbocycles. The van der Waals surface area contributed by atoms with Crippen molar-refractivity contribution in [1.82, 2.24) is 14.9 Å². The van der Waals surface area contributed by atoms with Crippen LogP contribution in [0.1, 0.15) is 34.1 Å². The molecule has 2 heterocycles. The predicted molar refractivity (Wildman–Crippen MR) is 103 cm³/mol. The maximum Gasteiger partial charge on any atom is 0.412 e. The topological polar surface area (TPSA) is 121 Å². The second-order valence-corrected chi connectivity index (χ2v) is 6.96. The molecular weight excluding hydrogens is 415 g/mol. The molecule has 2 amide bonds. The van der Waals surface area contributed by atoms with E-state index in [9.17, 15) is 27.9 Å². The molecule has 1 aromatic heterocycles. The Labute approximate surface area is 175 Å². The quantitative estimate of drug-likeness (QED) is 0.624. The van der Waals surface area contributed by atoms with Gasteiger partial charge in [-0.05, 0) is 23.8 Å². The van der Waals surface area contributed by atoms with Gasteiger partial charge in [0.25, 0.3) is 11.8 Å². The van der Waals surface area contributed by atoms with Gasteiger partial charge in [-0.15, -0.1) is 0 Å². The summed E-state index contributed by atoms with van der Waals surface area (Å²) in [5.41, 5.74) is 2.98. The monoisotopic (exact) mass is 433 g/mol. The van der Waals surface area contributed by atoms with Gasteiger partial charge in [-0.1, -0.05) is 24.0 Å². The average Bonchev–Trinajstić information content (AvgIpc) is 2.98. The smallest absolute Gasteiger partial charge is 0.369 e. The van der Waals surface area contributed by atoms with Crippen LogP contribution in [0.2, 0.25) is 0 Å². The van der Waals surface area contributed by atoms with Gasteiger partial charge in [0, 0.05) is 31.8 Å². The fourth-order valence-electron chi connectivity index (χ4n) is 2.99. The van der Waals surface area contributed by atoms with Crippen LogP contribution in [0.5, 0.6) is 0 Å². The summed E-state index contributed by atoms with van der Waals surface area (Å²) in [5, 5.41) is 12.5. The molecule has 0 saturated carbocycles. The molecule has 2 aromatic rings. The summed E-state index contributed by atoms with van der Waals surface area (Å²) in [6, 6.07) is 4.21. The number of carbonyl (C=O) groups excluding carboxylic acids is 2. The zero-order valence-electron chi connectivity index (χ0n) is 16.3. The van der Waals surface area contributed by atoms with E-state index in [0.29, 0.717) is 6.54 Å². The number of aliphatic hydroxyl groups is 1. The summed E-state index contributed by atoms with van der Waals surface area (Å²) in [5.74, 6) is 3.15. The third-order valence-corrected chi connectivity index (χ3v) is 4.65. The van der Waals surface area contributed by atoms with Gasteiger partial charge in [-0.25, -0.2) is 9.97 Å². The Morgan fingerprint density at radius 1 is 1.39 bits per heavy atom. The number of likely N-dealkylation sites (N-methyl/N-ethyl adjacent to an activating group) is 1. The Hall–Kier alpha value is -3.65. The number of primary amides is 1. The highest BCUT2D eigenvalue weighted by atomic mass is 19.4. The number of anilines is 1. The molecule has 8 nitrogen and oxygen atoms in total. The lowest BCUT2D eigenvalue weighted by Crippen LogP contribution is -2.37. The van der Waals surface area contributed by atoms with Crippen LogP contribution in [0.25, 0.3) is 0 Å². The standard InChI is InChI=1S/C20H18F3N5O3/c1-28-10-8-19(31,17(28)30)7-5-12-3-2-4-13(11-12)15(20(21,22)23)27-18-25-9-6-14(26-18)16(24)29/h2-4,6,9,11,15,31H,8,10H2,1H3,(H2,24,29)(H,25,26,27)/t15?,19-/m0/s1. The number of alkyl halides is 3. The number of hydrogen-bond donors (Lipinski definition) is 3. The van der Waals surface area contributed by atoms with Crippen molar-refractivity contribution in [3.8, 4) is 11.8 Å². The molecule has 1 aliphatic heterocycles. The van der Waals surface area contributed by atoms with E-state index < -0.39 is 35.6 Å². The SMILES string of the molecule is CN1CC[C@@](O)(C#Cc2cccc(C(Nc3nccc(C(N)=O)n3)C(F)(F)F)c2)C1=O. The van der Waals surface area contributed by atoms with Crippen LogP contribution in [-0.4, -0.2) is 57.2 Å². The first-order chi connectivity index (χ1) is 14.5. The number of amides is 2. The molecule has 1 aliphatic rings. The number of benzene rings is 1. The molecular formula is C20H18F3N5O3. The van der Waals surface area contributed by atoms with E-state index in [4.69, 9.17) is 5.73 Å². The first kappa shape index (κ1) is 22.0. The molecule has 3 rings (SSSR count). The number of nitrogens with two attached hydrogens (primary N) is 1. The Morgan fingerprint density at radius 2 is 2.13 bits per heavy atom. The van der Waals surface area contributed by atoms with Gasteiger partial charge in [0.05, 0.1) is 0 Å². The van der Waals surface area contributed by atoms with Crippen LogP contribution in [0, 0.1) is 11.8 Å². The Kier molecular flexibility index (Phi) is 5.85. The fraction of sp³-hybridized carbons (Fsp3) is 0.300. The lowest BCUT2D eigenvalue weighted by molar-refractivity contribution is -0.144. The molecule has 0 bridgehead atoms. The lowest BCUT2D eigenvalue weighted by Gasteiger charge is -2.22. The van der Waals surface area contributed by atoms with E-state index in [-0.39, 0.29) is 23.2 Å². The van der Waals surface area contributed by atoms with Crippen LogP contribution in [-0.2, 0) is 4.79 Å². The highest BCUT2D eigenvalue weighted by molar-refractivity contribution is 5.91. The highest BCUT2D eigenvalue weighted by Gasteiger charge is 2.43. The van der Waals surface area contributed by atoms with E-state index in [1.165, 1.54) is 42.3 Å². The molecule has 1 fully saturated rings. The number of rotatable bonds is 4. The second kappa shape index (κ2) is 8.23. The molecule has 4 N–H and O–H groups in total. The zero-order chi connectivity index (χ0) is 22.8. The molecule has 1 saturated heterocycles. The van der Waals surface area contributed by atoms with E-state index >= 15 is 0 Å². The van der Waals surface area contributed by atoms with Crippen LogP contribution < -0.4 is 11.1 Å². The Morgan fingerprint density at radius 3 is 2.74 bits per heavy atom. The number of aromatic nitrogens is 2. The number of nitrogens with one attached hydrogen (secondary N) is 1. The maximum atomic E-state index is 13.7. The summed E-state index contributed by atoms with van der Waals surface area (Å²) >= 11 is 0. The molecule has 0 radical (unpaired) electrons. The number of carbonyl (C=O) groups is 2. The van der Waals surface area contributed by atoms with Crippen molar-refractivity contribution in [2.24, 2.45) is 5.73 Å². The van der Waals surface area contributed by atoms with Crippen LogP contribution in [0.3, 0.4) is 0 Å². The van der Waals surface area contributed by atoms with Gasteiger partial charge < -0.3 is 21.1 Å². The number of likely N-dealkylation sites (tertiary alicyclic amines) is 1. The fourth-order valence-corrected chi connectivity index (χ4v) is 2.99. The highest BCUT2D eigenvalue weighted by Crippen LogP contribution is 2.35. The first-order valence-electron chi connectivity index (χ1n) is 9.07. The molecule has 0 aliphatic carbocycles. The van der Waals surface area contributed by atoms with Gasteiger partial charge >= 0.3 is 6.18 Å². The van der Waals surface area contributed by atoms with Crippen molar-refractivity contribution in [3.05, 3.63) is 53.3 Å². The predicted octanol–water partition coefficient (Wildman–Crippen LogP) is 1.24. The zero-order valence-corrected chi connectivity index (χ0v) is 16.3. The van der Waals surface area contributed by atoms with Gasteiger partial charge in [-0.2, -0.15) is 13.2 Å². The first-order valence-corrected chi connectivity index (χ1v) is 9.07. The maximum absolute atomic E-state index is 13.7. The van der Waals surface area contributed by atoms with E-state index in [1.54, 1.807) is 0 Å². The number of hydrogen-bond acceptors (Lipinski definition) is 6. The van der Waals surface area contributed by atoms with Crippen molar-refractivity contribution in [2.45, 2.75) is 24.2 Å². The number of halogens is 3. The van der Waals surface area contributed by atoms with Crippen molar-refractivity contribution in [1.29, 1.82) is 0 Å². The number of nitrogens with zero attached hydrogens (tertiary/aromatic N) is 3. The molecule has 1 unspecified atom stereocenters. The minimum atomic E-state index is -4.74. The molecule has 11 heteroatoms. The van der Waals surface area contributed by atoms with Gasteiger partial charge in [-0.3, -0.25) is 9.59 Å². The third-order valence-electron chi connectivity index (χ3n) is 4.65. The van der Waals surface area contributed by atoms with Crippen molar-refractivity contribution in [2.75, 3.05) is 18.9 Å². The summed E-state index contributed by atoms with van der Waals surface area (Å²) < 4.78 is 41.2. The Bertz CT molecular complexity index is 1080. The van der Waals surface area contributed by atoms with Gasteiger partial charge in [0.1, 0.15) is 5.69 Å². The second-order valence-electron chi connectivity index (χ2n) is 6.96. The minimum Gasteiger partial charge on any atom is -0.369 e. The van der Waals surface area contributed by atoms with Crippen molar-refractivity contribution >= 4 is 17.8 Å². The van der Waals surface area contributed by atoms with Crippen molar-refractivity contribution < 1.29 is 27.9 Å². The van der Waals surface area contributed by atoms with E-state index in [1.807, 2.05) is 0 Å². The van der Waals surface area contributed by atoms with Gasteiger partial charge in [0.15, 0.2) is 6.04 Å².